The van der Waals surface area contributed by atoms with Crippen LogP contribution in [0.3, 0.4) is 0 Å². The Balaban J connectivity index is 0.00000162. The molecule has 1 aromatic rings. The maximum atomic E-state index is 13.4. The lowest BCUT2D eigenvalue weighted by atomic mass is 10.2. The molecule has 1 aromatic carbocycles. The number of morpholine rings is 1. The van der Waals surface area contributed by atoms with Gasteiger partial charge in [0.05, 0.1) is 12.3 Å². The van der Waals surface area contributed by atoms with E-state index < -0.39 is 11.9 Å². The second-order valence-electron chi connectivity index (χ2n) is 3.68. The molecule has 1 fully saturated rings. The summed E-state index contributed by atoms with van der Waals surface area (Å²) in [6.45, 7) is 1.66. The number of carbonyl (C=O) groups is 1. The lowest BCUT2D eigenvalue weighted by Crippen LogP contribution is -2.45. The number of rotatable bonds is 2. The first kappa shape index (κ1) is 15.4. The van der Waals surface area contributed by atoms with Crippen LogP contribution in [-0.2, 0) is 9.53 Å². The van der Waals surface area contributed by atoms with Gasteiger partial charge in [-0.15, -0.1) is 12.4 Å². The lowest BCUT2D eigenvalue weighted by molar-refractivity contribution is -0.128. The highest BCUT2D eigenvalue weighted by Gasteiger charge is 2.22. The van der Waals surface area contributed by atoms with Gasteiger partial charge in [-0.05, 0) is 18.2 Å². The van der Waals surface area contributed by atoms with Crippen molar-refractivity contribution in [2.45, 2.75) is 6.10 Å². The minimum Gasteiger partial charge on any atom is -0.366 e. The molecule has 1 atom stereocenters. The van der Waals surface area contributed by atoms with E-state index in [2.05, 4.69) is 26.6 Å². The summed E-state index contributed by atoms with van der Waals surface area (Å²) >= 11 is 3.22. The number of carbonyl (C=O) groups excluding carboxylic acids is 1. The van der Waals surface area contributed by atoms with Gasteiger partial charge in [0.15, 0.2) is 0 Å². The average molecular weight is 340 g/mol. The Morgan fingerprint density at radius 2 is 2.33 bits per heavy atom. The summed E-state index contributed by atoms with van der Waals surface area (Å²) < 4.78 is 19.4. The fraction of sp³-hybridized carbons (Fsp3) is 0.364. The van der Waals surface area contributed by atoms with Gasteiger partial charge in [-0.3, -0.25) is 4.79 Å². The van der Waals surface area contributed by atoms with Crippen molar-refractivity contribution in [3.8, 4) is 0 Å². The van der Waals surface area contributed by atoms with Crippen LogP contribution in [0.2, 0.25) is 0 Å². The van der Waals surface area contributed by atoms with Gasteiger partial charge in [-0.25, -0.2) is 4.39 Å². The van der Waals surface area contributed by atoms with Crippen molar-refractivity contribution in [2.75, 3.05) is 25.0 Å². The summed E-state index contributed by atoms with van der Waals surface area (Å²) in [5.41, 5.74) is 0.151. The first-order valence-electron chi connectivity index (χ1n) is 5.25. The Morgan fingerprint density at radius 3 is 3.00 bits per heavy atom. The first-order valence-corrected chi connectivity index (χ1v) is 6.04. The van der Waals surface area contributed by atoms with Crippen molar-refractivity contribution in [1.29, 1.82) is 0 Å². The lowest BCUT2D eigenvalue weighted by Gasteiger charge is -2.22. The standard InChI is InChI=1S/C11H12BrFN2O2.ClH/c12-7-1-2-8(13)9(5-7)15-11(16)10-6-14-3-4-17-10;/h1-2,5,10,14H,3-4,6H2,(H,15,16);1H. The molecule has 4 nitrogen and oxygen atoms in total. The molecule has 2 rings (SSSR count). The first-order chi connectivity index (χ1) is 8.16. The monoisotopic (exact) mass is 338 g/mol. The summed E-state index contributed by atoms with van der Waals surface area (Å²) in [5.74, 6) is -0.806. The molecule has 1 amide bonds. The van der Waals surface area contributed by atoms with E-state index in [0.29, 0.717) is 17.6 Å². The normalized spacial score (nSPS) is 18.9. The van der Waals surface area contributed by atoms with Gasteiger partial charge < -0.3 is 15.4 Å². The molecule has 1 unspecified atom stereocenters. The Labute approximate surface area is 119 Å². The maximum Gasteiger partial charge on any atom is 0.254 e. The van der Waals surface area contributed by atoms with Crippen LogP contribution < -0.4 is 10.6 Å². The summed E-state index contributed by atoms with van der Waals surface area (Å²) in [5, 5.41) is 5.55. The largest absolute Gasteiger partial charge is 0.366 e. The molecule has 1 aliphatic heterocycles. The predicted octanol–water partition coefficient (Wildman–Crippen LogP) is 1.94. The third-order valence-electron chi connectivity index (χ3n) is 2.41. The number of hydrogen-bond acceptors (Lipinski definition) is 3. The molecule has 0 saturated carbocycles. The van der Waals surface area contributed by atoms with Crippen molar-refractivity contribution in [1.82, 2.24) is 5.32 Å². The molecule has 0 spiro atoms. The molecule has 7 heteroatoms. The minimum absolute atomic E-state index is 0. The van der Waals surface area contributed by atoms with Crippen molar-refractivity contribution >= 4 is 39.9 Å². The van der Waals surface area contributed by atoms with Crippen LogP contribution in [0.15, 0.2) is 22.7 Å². The summed E-state index contributed by atoms with van der Waals surface area (Å²) in [6, 6.07) is 4.38. The number of halogens is 3. The Kier molecular flexibility index (Phi) is 6.01. The van der Waals surface area contributed by atoms with Gasteiger partial charge in [0.2, 0.25) is 0 Å². The number of nitrogens with one attached hydrogen (secondary N) is 2. The van der Waals surface area contributed by atoms with Crippen molar-refractivity contribution in [2.24, 2.45) is 0 Å². The van der Waals surface area contributed by atoms with Crippen LogP contribution in [0.1, 0.15) is 0 Å². The molecule has 0 aromatic heterocycles. The summed E-state index contributed by atoms with van der Waals surface area (Å²) in [6.07, 6.45) is -0.567. The minimum atomic E-state index is -0.567. The number of hydrogen-bond donors (Lipinski definition) is 2. The van der Waals surface area contributed by atoms with E-state index in [-0.39, 0.29) is 24.0 Å². The van der Waals surface area contributed by atoms with E-state index in [1.165, 1.54) is 12.1 Å². The van der Waals surface area contributed by atoms with E-state index in [1.54, 1.807) is 6.07 Å². The van der Waals surface area contributed by atoms with Crippen molar-refractivity contribution in [3.63, 3.8) is 0 Å². The predicted molar refractivity (Wildman–Crippen MR) is 72.6 cm³/mol. The highest BCUT2D eigenvalue weighted by Crippen LogP contribution is 2.20. The highest BCUT2D eigenvalue weighted by molar-refractivity contribution is 9.10. The Bertz CT molecular complexity index is 428. The Morgan fingerprint density at radius 1 is 1.56 bits per heavy atom. The zero-order chi connectivity index (χ0) is 12.3. The summed E-state index contributed by atoms with van der Waals surface area (Å²) in [7, 11) is 0. The van der Waals surface area contributed by atoms with Crippen LogP contribution in [-0.4, -0.2) is 31.7 Å². The summed E-state index contributed by atoms with van der Waals surface area (Å²) in [4.78, 5) is 11.8. The molecule has 1 heterocycles. The SMILES string of the molecule is Cl.O=C(Nc1cc(Br)ccc1F)C1CNCCO1. The molecule has 1 aliphatic rings. The van der Waals surface area contributed by atoms with Gasteiger partial charge >= 0.3 is 0 Å². The van der Waals surface area contributed by atoms with Gasteiger partial charge in [0, 0.05) is 17.6 Å². The van der Waals surface area contributed by atoms with E-state index >= 15 is 0 Å². The molecule has 18 heavy (non-hydrogen) atoms. The molecular weight excluding hydrogens is 326 g/mol. The van der Waals surface area contributed by atoms with Crippen LogP contribution in [0.4, 0.5) is 10.1 Å². The van der Waals surface area contributed by atoms with Gasteiger partial charge in [0.1, 0.15) is 11.9 Å². The fourth-order valence-corrected chi connectivity index (χ4v) is 1.90. The van der Waals surface area contributed by atoms with Crippen LogP contribution in [0.5, 0.6) is 0 Å². The third kappa shape index (κ3) is 3.91. The highest BCUT2D eigenvalue weighted by atomic mass is 79.9. The van der Waals surface area contributed by atoms with E-state index in [0.717, 1.165) is 6.54 Å². The van der Waals surface area contributed by atoms with Gasteiger partial charge in [-0.1, -0.05) is 15.9 Å². The van der Waals surface area contributed by atoms with Crippen LogP contribution in [0.25, 0.3) is 0 Å². The zero-order valence-corrected chi connectivity index (χ0v) is 11.8. The van der Waals surface area contributed by atoms with Crippen LogP contribution >= 0.6 is 28.3 Å². The molecule has 0 aliphatic carbocycles. The smallest absolute Gasteiger partial charge is 0.254 e. The molecule has 1 saturated heterocycles. The Hall–Kier alpha value is -0.690. The fourth-order valence-electron chi connectivity index (χ4n) is 1.54. The number of amides is 1. The molecule has 2 N–H and O–H groups in total. The van der Waals surface area contributed by atoms with Crippen molar-refractivity contribution < 1.29 is 13.9 Å². The second-order valence-corrected chi connectivity index (χ2v) is 4.59. The molecule has 100 valence electrons. The van der Waals surface area contributed by atoms with Crippen molar-refractivity contribution in [3.05, 3.63) is 28.5 Å². The topological polar surface area (TPSA) is 50.4 Å². The van der Waals surface area contributed by atoms with Crippen LogP contribution in [0, 0.1) is 5.82 Å². The third-order valence-corrected chi connectivity index (χ3v) is 2.90. The van der Waals surface area contributed by atoms with E-state index in [4.69, 9.17) is 4.74 Å². The molecule has 0 radical (unpaired) electrons. The van der Waals surface area contributed by atoms with E-state index in [9.17, 15) is 9.18 Å². The molecule has 0 bridgehead atoms. The quantitative estimate of drug-likeness (QED) is 0.866. The number of benzene rings is 1. The average Bonchev–Trinajstić information content (AvgIpc) is 2.35. The zero-order valence-electron chi connectivity index (χ0n) is 9.41. The van der Waals surface area contributed by atoms with Gasteiger partial charge in [0.25, 0.3) is 5.91 Å². The second kappa shape index (κ2) is 7.04. The number of anilines is 1. The van der Waals surface area contributed by atoms with E-state index in [1.807, 2.05) is 0 Å². The maximum absolute atomic E-state index is 13.4. The van der Waals surface area contributed by atoms with Gasteiger partial charge in [-0.2, -0.15) is 0 Å². The number of ether oxygens (including phenoxy) is 1. The molecular formula is C11H13BrClFN2O2.